The Bertz CT molecular complexity index is 391. The average molecular weight is 244 g/mol. The van der Waals surface area contributed by atoms with E-state index in [0.29, 0.717) is 6.61 Å². The van der Waals surface area contributed by atoms with Gasteiger partial charge in [-0.25, -0.2) is 4.79 Å². The normalized spacial score (nSPS) is 11.2. The van der Waals surface area contributed by atoms with Crippen LogP contribution < -0.4 is 0 Å². The van der Waals surface area contributed by atoms with E-state index in [1.165, 1.54) is 11.6 Å². The summed E-state index contributed by atoms with van der Waals surface area (Å²) in [6.45, 7) is 2.22. The topological polar surface area (TPSA) is 26.3 Å². The first-order chi connectivity index (χ1) is 8.83. The fourth-order valence-corrected chi connectivity index (χ4v) is 1.57. The first kappa shape index (κ1) is 14.2. The van der Waals surface area contributed by atoms with E-state index in [9.17, 15) is 4.79 Å². The average Bonchev–Trinajstić information content (AvgIpc) is 2.39. The first-order valence-electron chi connectivity index (χ1n) is 6.37. The number of unbranched alkanes of at least 4 members (excludes halogenated alkanes) is 1. The maximum absolute atomic E-state index is 11.0. The molecule has 0 heterocycles. The summed E-state index contributed by atoms with van der Waals surface area (Å²) in [5, 5.41) is 0. The Balaban J connectivity index is 2.12. The number of esters is 1. The van der Waals surface area contributed by atoms with Crippen LogP contribution in [0.25, 0.3) is 0 Å². The molecule has 0 saturated carbocycles. The van der Waals surface area contributed by atoms with Gasteiger partial charge in [-0.3, -0.25) is 0 Å². The predicted octanol–water partition coefficient (Wildman–Crippen LogP) is 3.68. The molecule has 0 amide bonds. The van der Waals surface area contributed by atoms with Gasteiger partial charge in [-0.05, 0) is 31.7 Å². The fourth-order valence-electron chi connectivity index (χ4n) is 1.57. The molecule has 0 atom stereocenters. The van der Waals surface area contributed by atoms with Crippen LogP contribution >= 0.6 is 0 Å². The molecule has 0 aromatic heterocycles. The van der Waals surface area contributed by atoms with Gasteiger partial charge in [-0.1, -0.05) is 48.6 Å². The molecule has 0 bridgehead atoms. The van der Waals surface area contributed by atoms with Crippen molar-refractivity contribution in [1.82, 2.24) is 0 Å². The van der Waals surface area contributed by atoms with Crippen molar-refractivity contribution in [3.63, 3.8) is 0 Å². The van der Waals surface area contributed by atoms with E-state index in [0.717, 1.165) is 19.3 Å². The number of hydrogen-bond donors (Lipinski definition) is 0. The second kappa shape index (κ2) is 9.23. The van der Waals surface area contributed by atoms with Gasteiger partial charge in [0, 0.05) is 6.08 Å². The van der Waals surface area contributed by atoms with Gasteiger partial charge in [-0.2, -0.15) is 0 Å². The Hall–Kier alpha value is -1.83. The van der Waals surface area contributed by atoms with Crippen molar-refractivity contribution in [2.24, 2.45) is 0 Å². The molecule has 0 radical (unpaired) electrons. The summed E-state index contributed by atoms with van der Waals surface area (Å²) >= 11 is 0. The van der Waals surface area contributed by atoms with E-state index in [1.54, 1.807) is 13.0 Å². The van der Waals surface area contributed by atoms with Crippen LogP contribution in [0.2, 0.25) is 0 Å². The van der Waals surface area contributed by atoms with Crippen LogP contribution in [0.15, 0.2) is 54.6 Å². The number of benzene rings is 1. The molecule has 96 valence electrons. The van der Waals surface area contributed by atoms with E-state index in [2.05, 4.69) is 30.3 Å². The SMILES string of the molecule is CCOC(=O)C=CC=CCCCc1ccccc1. The Kier molecular flexibility index (Phi) is 7.29. The second-order valence-corrected chi connectivity index (χ2v) is 3.92. The number of carbonyl (C=O) groups excluding carboxylic acids is 1. The molecule has 1 aromatic carbocycles. The van der Waals surface area contributed by atoms with Crippen molar-refractivity contribution in [3.8, 4) is 0 Å². The van der Waals surface area contributed by atoms with Crippen LogP contribution in [0.4, 0.5) is 0 Å². The molecular weight excluding hydrogens is 224 g/mol. The molecule has 0 fully saturated rings. The number of ether oxygens (including phenoxy) is 1. The van der Waals surface area contributed by atoms with E-state index >= 15 is 0 Å². The Labute approximate surface area is 109 Å². The summed E-state index contributed by atoms with van der Waals surface area (Å²) in [6.07, 6.45) is 10.3. The lowest BCUT2D eigenvalue weighted by atomic mass is 10.1. The Morgan fingerprint density at radius 1 is 1.22 bits per heavy atom. The Morgan fingerprint density at radius 2 is 2.00 bits per heavy atom. The molecule has 18 heavy (non-hydrogen) atoms. The first-order valence-corrected chi connectivity index (χ1v) is 6.37. The summed E-state index contributed by atoms with van der Waals surface area (Å²) < 4.78 is 4.77. The zero-order valence-corrected chi connectivity index (χ0v) is 10.8. The van der Waals surface area contributed by atoms with Gasteiger partial charge in [0.2, 0.25) is 0 Å². The molecular formula is C16H20O2. The molecule has 0 saturated heterocycles. The van der Waals surface area contributed by atoms with E-state index in [1.807, 2.05) is 12.1 Å². The maximum Gasteiger partial charge on any atom is 0.330 e. The van der Waals surface area contributed by atoms with Crippen LogP contribution in [-0.4, -0.2) is 12.6 Å². The van der Waals surface area contributed by atoms with Crippen molar-refractivity contribution in [3.05, 3.63) is 60.2 Å². The number of hydrogen-bond acceptors (Lipinski definition) is 2. The molecule has 0 unspecified atom stereocenters. The summed E-state index contributed by atoms with van der Waals surface area (Å²) in [6, 6.07) is 10.4. The smallest absolute Gasteiger partial charge is 0.330 e. The van der Waals surface area contributed by atoms with Crippen molar-refractivity contribution < 1.29 is 9.53 Å². The van der Waals surface area contributed by atoms with Crippen LogP contribution in [0, 0.1) is 0 Å². The van der Waals surface area contributed by atoms with Gasteiger partial charge < -0.3 is 4.74 Å². The molecule has 0 aliphatic rings. The highest BCUT2D eigenvalue weighted by Gasteiger charge is 1.91. The van der Waals surface area contributed by atoms with E-state index < -0.39 is 0 Å². The van der Waals surface area contributed by atoms with Crippen molar-refractivity contribution in [1.29, 1.82) is 0 Å². The minimum atomic E-state index is -0.286. The lowest BCUT2D eigenvalue weighted by molar-refractivity contribution is -0.137. The maximum atomic E-state index is 11.0. The lowest BCUT2D eigenvalue weighted by Gasteiger charge is -1.97. The van der Waals surface area contributed by atoms with Crippen molar-refractivity contribution in [2.75, 3.05) is 6.61 Å². The van der Waals surface area contributed by atoms with Gasteiger partial charge in [0.1, 0.15) is 0 Å². The fraction of sp³-hybridized carbons (Fsp3) is 0.312. The zero-order chi connectivity index (χ0) is 13.1. The number of aryl methyl sites for hydroxylation is 1. The summed E-state index contributed by atoms with van der Waals surface area (Å²) in [7, 11) is 0. The molecule has 1 aromatic rings. The van der Waals surface area contributed by atoms with Crippen LogP contribution in [0.1, 0.15) is 25.3 Å². The highest BCUT2D eigenvalue weighted by atomic mass is 16.5. The van der Waals surface area contributed by atoms with Crippen molar-refractivity contribution >= 4 is 5.97 Å². The minimum absolute atomic E-state index is 0.286. The van der Waals surface area contributed by atoms with Gasteiger partial charge in [0.05, 0.1) is 6.61 Å². The molecule has 0 N–H and O–H groups in total. The molecule has 0 aliphatic carbocycles. The largest absolute Gasteiger partial charge is 0.463 e. The van der Waals surface area contributed by atoms with E-state index in [4.69, 9.17) is 4.74 Å². The standard InChI is InChI=1S/C16H20O2/c1-2-18-16(17)14-10-5-3-4-7-11-15-12-8-6-9-13-15/h3,5-6,8-10,12-14H,2,4,7,11H2,1H3. The second-order valence-electron chi connectivity index (χ2n) is 3.92. The third-order valence-electron chi connectivity index (χ3n) is 2.45. The third-order valence-corrected chi connectivity index (χ3v) is 2.45. The third kappa shape index (κ3) is 6.69. The summed E-state index contributed by atoms with van der Waals surface area (Å²) in [5.74, 6) is -0.286. The van der Waals surface area contributed by atoms with Crippen LogP contribution in [0.5, 0.6) is 0 Å². The minimum Gasteiger partial charge on any atom is -0.463 e. The van der Waals surface area contributed by atoms with Gasteiger partial charge >= 0.3 is 5.97 Å². The summed E-state index contributed by atoms with van der Waals surface area (Å²) in [5.41, 5.74) is 1.37. The lowest BCUT2D eigenvalue weighted by Crippen LogP contribution is -1.98. The zero-order valence-electron chi connectivity index (χ0n) is 10.8. The van der Waals surface area contributed by atoms with E-state index in [-0.39, 0.29) is 5.97 Å². The Morgan fingerprint density at radius 3 is 2.72 bits per heavy atom. The predicted molar refractivity (Wildman–Crippen MR) is 74.3 cm³/mol. The monoisotopic (exact) mass is 244 g/mol. The molecule has 0 spiro atoms. The van der Waals surface area contributed by atoms with Gasteiger partial charge in [0.25, 0.3) is 0 Å². The number of carbonyl (C=O) groups is 1. The summed E-state index contributed by atoms with van der Waals surface area (Å²) in [4.78, 5) is 11.0. The van der Waals surface area contributed by atoms with Gasteiger partial charge in [-0.15, -0.1) is 0 Å². The highest BCUT2D eigenvalue weighted by Crippen LogP contribution is 2.04. The number of allylic oxidation sites excluding steroid dienone is 3. The molecule has 1 rings (SSSR count). The number of rotatable bonds is 7. The highest BCUT2D eigenvalue weighted by molar-refractivity contribution is 5.82. The van der Waals surface area contributed by atoms with Crippen molar-refractivity contribution in [2.45, 2.75) is 26.2 Å². The van der Waals surface area contributed by atoms with Crippen LogP contribution in [-0.2, 0) is 16.0 Å². The van der Waals surface area contributed by atoms with Gasteiger partial charge in [0.15, 0.2) is 0 Å². The molecule has 2 nitrogen and oxygen atoms in total. The quantitative estimate of drug-likeness (QED) is 0.316. The molecule has 2 heteroatoms. The van der Waals surface area contributed by atoms with Crippen LogP contribution in [0.3, 0.4) is 0 Å². The molecule has 0 aliphatic heterocycles.